The monoisotopic (exact) mass is 179 g/mol. The van der Waals surface area contributed by atoms with Crippen molar-refractivity contribution in [3.63, 3.8) is 0 Å². The fourth-order valence-electron chi connectivity index (χ4n) is 0.928. The van der Waals surface area contributed by atoms with Crippen LogP contribution in [0.25, 0.3) is 10.9 Å². The maximum absolute atomic E-state index is 4.95. The molecule has 0 N–H and O–H groups in total. The van der Waals surface area contributed by atoms with Gasteiger partial charge in [-0.05, 0) is 18.3 Å². The van der Waals surface area contributed by atoms with E-state index in [9.17, 15) is 0 Å². The number of fused-ring (bicyclic) bond motifs is 1. The lowest BCUT2D eigenvalue weighted by atomic mass is 10.3. The lowest BCUT2D eigenvalue weighted by Gasteiger charge is -1.91. The largest absolute Gasteiger partial charge is 0.226 e. The molecule has 0 saturated heterocycles. The molecule has 3 heteroatoms. The summed E-state index contributed by atoms with van der Waals surface area (Å²) in [6.07, 6.45) is 0. The van der Waals surface area contributed by atoms with Gasteiger partial charge in [-0.15, -0.1) is 11.3 Å². The zero-order chi connectivity index (χ0) is 7.68. The van der Waals surface area contributed by atoms with E-state index in [4.69, 9.17) is 12.2 Å². The van der Waals surface area contributed by atoms with E-state index in [-0.39, 0.29) is 0 Å². The van der Waals surface area contributed by atoms with Crippen molar-refractivity contribution < 1.29 is 0 Å². The average Bonchev–Trinajstić information content (AvgIpc) is 2.04. The lowest BCUT2D eigenvalue weighted by molar-refractivity contribution is 1.45. The summed E-state index contributed by atoms with van der Waals surface area (Å²) in [5.74, 6) is 0. The van der Waals surface area contributed by atoms with Crippen LogP contribution in [0.3, 0.4) is 0 Å². The molecule has 0 radical (unpaired) electrons. The molecule has 0 spiro atoms. The minimum absolute atomic E-state index is 0.698. The van der Waals surface area contributed by atoms with E-state index < -0.39 is 0 Å². The molecule has 11 heavy (non-hydrogen) atoms. The first kappa shape index (κ1) is 6.88. The van der Waals surface area contributed by atoms with Crippen molar-refractivity contribution in [2.75, 3.05) is 0 Å². The van der Waals surface area contributed by atoms with Crippen LogP contribution < -0.4 is 0 Å². The zero-order valence-electron chi connectivity index (χ0n) is 5.65. The summed E-state index contributed by atoms with van der Waals surface area (Å²) in [5.41, 5.74) is 0.983. The van der Waals surface area contributed by atoms with Crippen molar-refractivity contribution in [1.82, 2.24) is 4.98 Å². The van der Waals surface area contributed by atoms with Crippen molar-refractivity contribution in [3.8, 4) is 0 Å². The molecule has 0 atom stereocenters. The van der Waals surface area contributed by atoms with Crippen LogP contribution in [0.15, 0.2) is 29.6 Å². The van der Waals surface area contributed by atoms with Gasteiger partial charge in [-0.3, -0.25) is 0 Å². The Hall–Kier alpha value is -0.800. The summed E-state index contributed by atoms with van der Waals surface area (Å²) in [6, 6.07) is 7.97. The fraction of sp³-hybridized carbons (Fsp3) is 0. The number of nitrogens with zero attached hydrogens (tertiary/aromatic N) is 1. The Morgan fingerprint density at radius 3 is 3.00 bits per heavy atom. The third-order valence-electron chi connectivity index (χ3n) is 1.44. The van der Waals surface area contributed by atoms with Crippen LogP contribution in [0.1, 0.15) is 0 Å². The van der Waals surface area contributed by atoms with Crippen LogP contribution >= 0.6 is 23.6 Å². The molecule has 0 unspecified atom stereocenters. The lowest BCUT2D eigenvalue weighted by Crippen LogP contribution is -1.73. The van der Waals surface area contributed by atoms with Crippen molar-refractivity contribution in [1.29, 1.82) is 0 Å². The van der Waals surface area contributed by atoms with Crippen molar-refractivity contribution >= 4 is 34.5 Å². The molecule has 1 nitrogen and oxygen atoms in total. The maximum atomic E-state index is 4.95. The predicted octanol–water partition coefficient (Wildman–Crippen LogP) is 3.03. The predicted molar refractivity (Wildman–Crippen MR) is 50.5 cm³/mol. The zero-order valence-corrected chi connectivity index (χ0v) is 7.28. The first-order valence-electron chi connectivity index (χ1n) is 3.21. The van der Waals surface area contributed by atoms with Gasteiger partial charge in [-0.25, -0.2) is 4.98 Å². The van der Waals surface area contributed by atoms with Gasteiger partial charge in [0.25, 0.3) is 0 Å². The van der Waals surface area contributed by atoms with Gasteiger partial charge >= 0.3 is 0 Å². The molecule has 2 rings (SSSR count). The molecule has 1 aromatic carbocycles. The number of hydrogen-bond acceptors (Lipinski definition) is 3. The molecular formula is C8H5NS2. The topological polar surface area (TPSA) is 12.9 Å². The standard InChI is InChI=1S/C8H5NS2/c10-8-9-7-4-2-1-3-6(7)5-11-8/h1-5H. The highest BCUT2D eigenvalue weighted by Gasteiger charge is 1.90. The summed E-state index contributed by atoms with van der Waals surface area (Å²) >= 11 is 6.45. The fourth-order valence-corrected chi connectivity index (χ4v) is 1.75. The molecule has 0 aliphatic heterocycles. The molecule has 1 heterocycles. The Balaban J connectivity index is 2.94. The summed E-state index contributed by atoms with van der Waals surface area (Å²) in [7, 11) is 0. The van der Waals surface area contributed by atoms with E-state index in [1.165, 1.54) is 11.3 Å². The van der Waals surface area contributed by atoms with Gasteiger partial charge in [0.15, 0.2) is 3.95 Å². The minimum Gasteiger partial charge on any atom is -0.226 e. The third kappa shape index (κ3) is 1.29. The second kappa shape index (κ2) is 2.68. The van der Waals surface area contributed by atoms with Crippen LogP contribution in [0, 0.1) is 3.95 Å². The second-order valence-electron chi connectivity index (χ2n) is 2.17. The summed E-state index contributed by atoms with van der Waals surface area (Å²) in [6.45, 7) is 0. The van der Waals surface area contributed by atoms with Gasteiger partial charge in [-0.2, -0.15) is 0 Å². The normalized spacial score (nSPS) is 10.2. The Labute approximate surface area is 73.3 Å². The van der Waals surface area contributed by atoms with Gasteiger partial charge in [0.1, 0.15) is 0 Å². The van der Waals surface area contributed by atoms with Gasteiger partial charge in [-0.1, -0.05) is 18.2 Å². The highest BCUT2D eigenvalue weighted by Crippen LogP contribution is 2.12. The second-order valence-corrected chi connectivity index (χ2v) is 3.68. The van der Waals surface area contributed by atoms with E-state index >= 15 is 0 Å². The summed E-state index contributed by atoms with van der Waals surface area (Å²) in [4.78, 5) is 4.21. The van der Waals surface area contributed by atoms with Gasteiger partial charge in [0.05, 0.1) is 5.52 Å². The summed E-state index contributed by atoms with van der Waals surface area (Å²) < 4.78 is 0.698. The Kier molecular flexibility index (Phi) is 1.68. The summed E-state index contributed by atoms with van der Waals surface area (Å²) in [5, 5.41) is 3.19. The van der Waals surface area contributed by atoms with Crippen LogP contribution in [-0.2, 0) is 0 Å². The molecule has 0 aliphatic carbocycles. The molecule has 1 aromatic heterocycles. The van der Waals surface area contributed by atoms with Gasteiger partial charge in [0, 0.05) is 10.8 Å². The third-order valence-corrected chi connectivity index (χ3v) is 2.48. The van der Waals surface area contributed by atoms with Crippen LogP contribution in [-0.4, -0.2) is 4.98 Å². The van der Waals surface area contributed by atoms with E-state index in [1.54, 1.807) is 0 Å². The number of para-hydroxylation sites is 1. The van der Waals surface area contributed by atoms with E-state index in [0.717, 1.165) is 10.9 Å². The number of hydrogen-bond donors (Lipinski definition) is 0. The number of benzene rings is 1. The Morgan fingerprint density at radius 2 is 2.09 bits per heavy atom. The van der Waals surface area contributed by atoms with Crippen molar-refractivity contribution in [2.24, 2.45) is 0 Å². The first-order chi connectivity index (χ1) is 5.36. The number of aromatic nitrogens is 1. The van der Waals surface area contributed by atoms with Crippen molar-refractivity contribution in [3.05, 3.63) is 33.6 Å². The molecule has 0 fully saturated rings. The van der Waals surface area contributed by atoms with E-state index in [1.807, 2.05) is 29.6 Å². The Morgan fingerprint density at radius 1 is 1.27 bits per heavy atom. The van der Waals surface area contributed by atoms with Gasteiger partial charge < -0.3 is 0 Å². The molecule has 54 valence electrons. The molecule has 0 saturated carbocycles. The van der Waals surface area contributed by atoms with Crippen LogP contribution in [0.2, 0.25) is 0 Å². The maximum Gasteiger partial charge on any atom is 0.181 e. The van der Waals surface area contributed by atoms with Gasteiger partial charge in [0.2, 0.25) is 0 Å². The molecular weight excluding hydrogens is 174 g/mol. The highest BCUT2D eigenvalue weighted by atomic mass is 32.1. The van der Waals surface area contributed by atoms with Crippen LogP contribution in [0.5, 0.6) is 0 Å². The Bertz CT molecular complexity index is 433. The SMILES string of the molecule is S=c1nc2ccccc2cs1. The average molecular weight is 179 g/mol. The van der Waals surface area contributed by atoms with E-state index in [2.05, 4.69) is 4.98 Å². The quantitative estimate of drug-likeness (QED) is 0.576. The highest BCUT2D eigenvalue weighted by molar-refractivity contribution is 7.73. The molecule has 0 amide bonds. The first-order valence-corrected chi connectivity index (χ1v) is 4.50. The number of rotatable bonds is 0. The smallest absolute Gasteiger partial charge is 0.181 e. The van der Waals surface area contributed by atoms with E-state index in [0.29, 0.717) is 3.95 Å². The molecule has 2 aromatic rings. The minimum atomic E-state index is 0.698. The van der Waals surface area contributed by atoms with Crippen LogP contribution in [0.4, 0.5) is 0 Å². The molecule has 0 bridgehead atoms. The molecule has 0 aliphatic rings. The van der Waals surface area contributed by atoms with Crippen molar-refractivity contribution in [2.45, 2.75) is 0 Å².